The summed E-state index contributed by atoms with van der Waals surface area (Å²) in [5.41, 5.74) is 1.04. The van der Waals surface area contributed by atoms with Crippen LogP contribution in [0.15, 0.2) is 24.3 Å². The minimum absolute atomic E-state index is 0.144. The number of nitrogens with one attached hydrogen (secondary N) is 1. The van der Waals surface area contributed by atoms with Crippen molar-refractivity contribution in [3.8, 4) is 0 Å². The van der Waals surface area contributed by atoms with Crippen LogP contribution in [0.2, 0.25) is 0 Å². The third-order valence-corrected chi connectivity index (χ3v) is 3.93. The van der Waals surface area contributed by atoms with E-state index in [2.05, 4.69) is 5.32 Å². The van der Waals surface area contributed by atoms with E-state index in [0.29, 0.717) is 6.54 Å². The maximum Gasteiger partial charge on any atom is 0.335 e. The lowest BCUT2D eigenvalue weighted by atomic mass is 10.2. The molecule has 1 aromatic rings. The average Bonchev–Trinajstić information content (AvgIpc) is 2.29. The Labute approximate surface area is 104 Å². The van der Waals surface area contributed by atoms with E-state index in [0.717, 1.165) is 12.1 Å². The quantitative estimate of drug-likeness (QED) is 0.815. The van der Waals surface area contributed by atoms with Gasteiger partial charge in [-0.2, -0.15) is 0 Å². The van der Waals surface area contributed by atoms with Gasteiger partial charge in [-0.05, 0) is 24.6 Å². The van der Waals surface area contributed by atoms with Crippen molar-refractivity contribution in [3.05, 3.63) is 29.8 Å². The predicted molar refractivity (Wildman–Crippen MR) is 70.0 cm³/mol. The number of hydrogen-bond acceptors (Lipinski definition) is 3. The zero-order valence-electron chi connectivity index (χ0n) is 9.97. The monoisotopic (exact) mass is 255 g/mol. The minimum Gasteiger partial charge on any atom is -0.478 e. The standard InChI is InChI=1S/C12H17NO3S/c1-9(17(2)16)6-7-13-11-5-3-4-10(8-11)12(14)15/h3-5,8-9,13H,6-7H2,1-2H3,(H,14,15). The summed E-state index contributed by atoms with van der Waals surface area (Å²) in [6.07, 6.45) is 2.48. The van der Waals surface area contributed by atoms with Crippen molar-refractivity contribution in [2.45, 2.75) is 18.6 Å². The minimum atomic E-state index is -0.934. The van der Waals surface area contributed by atoms with E-state index >= 15 is 0 Å². The van der Waals surface area contributed by atoms with Gasteiger partial charge in [0, 0.05) is 34.5 Å². The highest BCUT2D eigenvalue weighted by atomic mass is 32.2. The second-order valence-electron chi connectivity index (χ2n) is 3.91. The maximum absolute atomic E-state index is 11.1. The summed E-state index contributed by atoms with van der Waals surface area (Å²) in [5, 5.41) is 12.1. The molecule has 0 amide bonds. The molecular formula is C12H17NO3S. The van der Waals surface area contributed by atoms with Crippen molar-refractivity contribution in [2.24, 2.45) is 0 Å². The first-order chi connectivity index (χ1) is 8.00. The van der Waals surface area contributed by atoms with Gasteiger partial charge in [-0.25, -0.2) is 4.79 Å². The second kappa shape index (κ2) is 6.39. The topological polar surface area (TPSA) is 66.4 Å². The zero-order valence-corrected chi connectivity index (χ0v) is 10.8. The lowest BCUT2D eigenvalue weighted by molar-refractivity contribution is 0.0697. The lowest BCUT2D eigenvalue weighted by Gasteiger charge is -2.10. The van der Waals surface area contributed by atoms with E-state index < -0.39 is 16.8 Å². The van der Waals surface area contributed by atoms with Crippen molar-refractivity contribution in [1.29, 1.82) is 0 Å². The summed E-state index contributed by atoms with van der Waals surface area (Å²) in [4.78, 5) is 10.8. The molecule has 0 spiro atoms. The number of carbonyl (C=O) groups is 1. The van der Waals surface area contributed by atoms with Gasteiger partial charge in [-0.15, -0.1) is 0 Å². The van der Waals surface area contributed by atoms with Gasteiger partial charge < -0.3 is 10.4 Å². The van der Waals surface area contributed by atoms with Crippen LogP contribution in [0.4, 0.5) is 5.69 Å². The Bertz CT molecular complexity index is 420. The van der Waals surface area contributed by atoms with Gasteiger partial charge in [0.25, 0.3) is 0 Å². The fourth-order valence-electron chi connectivity index (χ4n) is 1.35. The van der Waals surface area contributed by atoms with Crippen LogP contribution in [0.25, 0.3) is 0 Å². The van der Waals surface area contributed by atoms with Crippen molar-refractivity contribution in [2.75, 3.05) is 18.1 Å². The molecule has 2 atom stereocenters. The maximum atomic E-state index is 11.1. The van der Waals surface area contributed by atoms with Gasteiger partial charge in [-0.1, -0.05) is 13.0 Å². The number of rotatable bonds is 6. The molecule has 94 valence electrons. The Morgan fingerprint density at radius 1 is 1.53 bits per heavy atom. The van der Waals surface area contributed by atoms with Crippen LogP contribution in [0.3, 0.4) is 0 Å². The van der Waals surface area contributed by atoms with Crippen LogP contribution in [-0.4, -0.2) is 33.3 Å². The lowest BCUT2D eigenvalue weighted by Crippen LogP contribution is -2.14. The second-order valence-corrected chi connectivity index (χ2v) is 5.71. The van der Waals surface area contributed by atoms with Crippen LogP contribution in [0, 0.1) is 0 Å². The molecule has 0 heterocycles. The van der Waals surface area contributed by atoms with E-state index in [-0.39, 0.29) is 10.8 Å². The molecule has 2 unspecified atom stereocenters. The predicted octanol–water partition coefficient (Wildman–Crippen LogP) is 1.95. The first kappa shape index (κ1) is 13.7. The molecule has 0 bridgehead atoms. The highest BCUT2D eigenvalue weighted by Gasteiger charge is 2.06. The SMILES string of the molecule is CC(CCNc1cccc(C(=O)O)c1)S(C)=O. The van der Waals surface area contributed by atoms with Crippen LogP contribution < -0.4 is 5.32 Å². The number of carboxylic acid groups (broad SMARTS) is 1. The van der Waals surface area contributed by atoms with Crippen LogP contribution in [-0.2, 0) is 10.8 Å². The van der Waals surface area contributed by atoms with Gasteiger partial charge in [0.1, 0.15) is 0 Å². The number of aromatic carboxylic acids is 1. The molecule has 0 saturated carbocycles. The van der Waals surface area contributed by atoms with Gasteiger partial charge in [0.05, 0.1) is 5.56 Å². The highest BCUT2D eigenvalue weighted by molar-refractivity contribution is 7.84. The van der Waals surface area contributed by atoms with E-state index in [9.17, 15) is 9.00 Å². The molecule has 4 nitrogen and oxygen atoms in total. The Morgan fingerprint density at radius 2 is 2.24 bits per heavy atom. The molecule has 2 N–H and O–H groups in total. The molecule has 0 aliphatic carbocycles. The number of hydrogen-bond donors (Lipinski definition) is 2. The molecule has 0 fully saturated rings. The van der Waals surface area contributed by atoms with Gasteiger partial charge in [-0.3, -0.25) is 4.21 Å². The third kappa shape index (κ3) is 4.56. The van der Waals surface area contributed by atoms with Crippen molar-refractivity contribution < 1.29 is 14.1 Å². The summed E-state index contributed by atoms with van der Waals surface area (Å²) >= 11 is 0. The molecule has 5 heteroatoms. The Balaban J connectivity index is 2.49. The van der Waals surface area contributed by atoms with E-state index in [4.69, 9.17) is 5.11 Å². The van der Waals surface area contributed by atoms with Gasteiger partial charge in [0.15, 0.2) is 0 Å². The summed E-state index contributed by atoms with van der Waals surface area (Å²) in [7, 11) is -0.814. The molecular weight excluding hydrogens is 238 g/mol. The number of benzene rings is 1. The number of carboxylic acids is 1. The fraction of sp³-hybridized carbons (Fsp3) is 0.417. The average molecular weight is 255 g/mol. The van der Waals surface area contributed by atoms with Gasteiger partial charge >= 0.3 is 5.97 Å². The molecule has 0 aliphatic rings. The summed E-state index contributed by atoms with van der Waals surface area (Å²) in [6, 6.07) is 6.67. The normalized spacial score (nSPS) is 14.0. The molecule has 0 saturated heterocycles. The molecule has 0 aliphatic heterocycles. The Kier molecular flexibility index (Phi) is 5.15. The van der Waals surface area contributed by atoms with Crippen LogP contribution in [0.1, 0.15) is 23.7 Å². The Hall–Kier alpha value is -1.36. The highest BCUT2D eigenvalue weighted by Crippen LogP contribution is 2.11. The number of anilines is 1. The van der Waals surface area contributed by atoms with Crippen LogP contribution in [0.5, 0.6) is 0 Å². The van der Waals surface area contributed by atoms with Crippen molar-refractivity contribution in [3.63, 3.8) is 0 Å². The van der Waals surface area contributed by atoms with Gasteiger partial charge in [0.2, 0.25) is 0 Å². The molecule has 0 radical (unpaired) electrons. The Morgan fingerprint density at radius 3 is 2.82 bits per heavy atom. The largest absolute Gasteiger partial charge is 0.478 e. The van der Waals surface area contributed by atoms with E-state index in [1.807, 2.05) is 13.0 Å². The van der Waals surface area contributed by atoms with Crippen molar-refractivity contribution in [1.82, 2.24) is 0 Å². The zero-order chi connectivity index (χ0) is 12.8. The first-order valence-corrected chi connectivity index (χ1v) is 7.02. The fourth-order valence-corrected chi connectivity index (χ4v) is 1.80. The molecule has 17 heavy (non-hydrogen) atoms. The van der Waals surface area contributed by atoms with E-state index in [1.165, 1.54) is 0 Å². The molecule has 0 aromatic heterocycles. The molecule has 1 rings (SSSR count). The van der Waals surface area contributed by atoms with Crippen molar-refractivity contribution >= 4 is 22.5 Å². The smallest absolute Gasteiger partial charge is 0.335 e. The first-order valence-electron chi connectivity index (χ1n) is 5.40. The van der Waals surface area contributed by atoms with Crippen LogP contribution >= 0.6 is 0 Å². The summed E-state index contributed by atoms with van der Waals surface area (Å²) in [5.74, 6) is -0.934. The summed E-state index contributed by atoms with van der Waals surface area (Å²) < 4.78 is 11.1. The van der Waals surface area contributed by atoms with E-state index in [1.54, 1.807) is 24.5 Å². The summed E-state index contributed by atoms with van der Waals surface area (Å²) in [6.45, 7) is 2.62. The molecule has 1 aromatic carbocycles. The third-order valence-electron chi connectivity index (χ3n) is 2.56.